The summed E-state index contributed by atoms with van der Waals surface area (Å²) in [5, 5.41) is 0. The highest BCUT2D eigenvalue weighted by molar-refractivity contribution is 7.80. The molecular weight excluding hydrogens is 242 g/mol. The van der Waals surface area contributed by atoms with Gasteiger partial charge in [-0.25, -0.2) is 8.78 Å². The van der Waals surface area contributed by atoms with Crippen molar-refractivity contribution in [2.45, 2.75) is 26.8 Å². The molecule has 1 aromatic rings. The van der Waals surface area contributed by atoms with E-state index in [0.29, 0.717) is 6.54 Å². The van der Waals surface area contributed by atoms with Gasteiger partial charge in [0.2, 0.25) is 0 Å². The van der Waals surface area contributed by atoms with E-state index < -0.39 is 11.6 Å². The van der Waals surface area contributed by atoms with E-state index in [2.05, 4.69) is 0 Å². The molecule has 0 unspecified atom stereocenters. The Kier molecular flexibility index (Phi) is 4.40. The number of hydrogen-bond donors (Lipinski definition) is 1. The Morgan fingerprint density at radius 2 is 1.82 bits per heavy atom. The predicted molar refractivity (Wildman–Crippen MR) is 70.4 cm³/mol. The predicted octanol–water partition coefficient (Wildman–Crippen LogP) is 2.83. The van der Waals surface area contributed by atoms with Crippen molar-refractivity contribution < 1.29 is 8.78 Å². The third-order valence-corrected chi connectivity index (χ3v) is 2.79. The van der Waals surface area contributed by atoms with E-state index in [0.717, 1.165) is 0 Å². The van der Waals surface area contributed by atoms with Gasteiger partial charge in [-0.3, -0.25) is 0 Å². The Hall–Kier alpha value is -1.23. The van der Waals surface area contributed by atoms with Crippen LogP contribution in [0.2, 0.25) is 0 Å². The van der Waals surface area contributed by atoms with Crippen LogP contribution in [0.4, 0.5) is 14.5 Å². The smallest absolute Gasteiger partial charge is 0.150 e. The molecule has 0 aliphatic carbocycles. The van der Waals surface area contributed by atoms with Gasteiger partial charge >= 0.3 is 0 Å². The molecular formula is C12H16F2N2S. The standard InChI is InChI=1S/C12H16F2N2S/c1-4-16(7(2)3)11-9(13)5-8(12(15)17)6-10(11)14/h5-7H,4H2,1-3H3,(H2,15,17). The maximum Gasteiger partial charge on any atom is 0.150 e. The van der Waals surface area contributed by atoms with Crippen LogP contribution in [0.1, 0.15) is 26.3 Å². The minimum Gasteiger partial charge on any atom is -0.389 e. The van der Waals surface area contributed by atoms with Gasteiger partial charge in [0.1, 0.15) is 22.3 Å². The highest BCUT2D eigenvalue weighted by Crippen LogP contribution is 2.26. The van der Waals surface area contributed by atoms with Gasteiger partial charge in [-0.05, 0) is 32.9 Å². The van der Waals surface area contributed by atoms with Crippen LogP contribution in [-0.2, 0) is 0 Å². The first-order valence-corrected chi connectivity index (χ1v) is 5.84. The molecule has 0 saturated carbocycles. The first kappa shape index (κ1) is 13.8. The second kappa shape index (κ2) is 5.40. The van der Waals surface area contributed by atoms with Gasteiger partial charge in [0.15, 0.2) is 0 Å². The van der Waals surface area contributed by atoms with Gasteiger partial charge in [0, 0.05) is 18.2 Å². The first-order valence-electron chi connectivity index (χ1n) is 5.44. The average molecular weight is 258 g/mol. The molecule has 0 atom stereocenters. The van der Waals surface area contributed by atoms with E-state index in [1.165, 1.54) is 12.1 Å². The number of nitrogens with zero attached hydrogens (tertiary/aromatic N) is 1. The zero-order valence-corrected chi connectivity index (χ0v) is 10.9. The van der Waals surface area contributed by atoms with Gasteiger partial charge in [-0.1, -0.05) is 12.2 Å². The summed E-state index contributed by atoms with van der Waals surface area (Å²) < 4.78 is 27.7. The summed E-state index contributed by atoms with van der Waals surface area (Å²) in [6.45, 7) is 6.13. The second-order valence-electron chi connectivity index (χ2n) is 4.03. The molecule has 0 radical (unpaired) electrons. The second-order valence-corrected chi connectivity index (χ2v) is 4.47. The van der Waals surface area contributed by atoms with Crippen molar-refractivity contribution in [1.29, 1.82) is 0 Å². The lowest BCUT2D eigenvalue weighted by atomic mass is 10.1. The van der Waals surface area contributed by atoms with Crippen LogP contribution in [0.5, 0.6) is 0 Å². The van der Waals surface area contributed by atoms with Crippen molar-refractivity contribution in [1.82, 2.24) is 0 Å². The number of benzene rings is 1. The zero-order chi connectivity index (χ0) is 13.2. The molecule has 1 aromatic carbocycles. The van der Waals surface area contributed by atoms with Crippen molar-refractivity contribution in [2.24, 2.45) is 5.73 Å². The lowest BCUT2D eigenvalue weighted by Crippen LogP contribution is -2.32. The summed E-state index contributed by atoms with van der Waals surface area (Å²) in [5.74, 6) is -1.27. The fourth-order valence-corrected chi connectivity index (χ4v) is 1.88. The van der Waals surface area contributed by atoms with Crippen LogP contribution < -0.4 is 10.6 Å². The molecule has 0 fully saturated rings. The third kappa shape index (κ3) is 2.91. The molecule has 0 aliphatic rings. The van der Waals surface area contributed by atoms with Crippen LogP contribution in [0.25, 0.3) is 0 Å². The van der Waals surface area contributed by atoms with Crippen molar-refractivity contribution in [3.8, 4) is 0 Å². The van der Waals surface area contributed by atoms with E-state index in [9.17, 15) is 8.78 Å². The van der Waals surface area contributed by atoms with Crippen molar-refractivity contribution in [3.63, 3.8) is 0 Å². The molecule has 17 heavy (non-hydrogen) atoms. The molecule has 0 bridgehead atoms. The number of thiocarbonyl (C=S) groups is 1. The topological polar surface area (TPSA) is 29.3 Å². The monoisotopic (exact) mass is 258 g/mol. The Morgan fingerprint density at radius 3 is 2.12 bits per heavy atom. The van der Waals surface area contributed by atoms with Crippen LogP contribution in [-0.4, -0.2) is 17.6 Å². The lowest BCUT2D eigenvalue weighted by molar-refractivity contribution is 0.558. The van der Waals surface area contributed by atoms with Crippen LogP contribution >= 0.6 is 12.2 Å². The number of hydrogen-bond acceptors (Lipinski definition) is 2. The quantitative estimate of drug-likeness (QED) is 0.842. The lowest BCUT2D eigenvalue weighted by Gasteiger charge is -2.28. The Labute approximate surface area is 105 Å². The number of anilines is 1. The molecule has 2 nitrogen and oxygen atoms in total. The molecule has 0 amide bonds. The van der Waals surface area contributed by atoms with Gasteiger partial charge in [0.25, 0.3) is 0 Å². The minimum absolute atomic E-state index is 0.0121. The van der Waals surface area contributed by atoms with E-state index in [4.69, 9.17) is 18.0 Å². The average Bonchev–Trinajstić information content (AvgIpc) is 2.22. The Balaban J connectivity index is 3.30. The molecule has 0 aromatic heterocycles. The summed E-state index contributed by atoms with van der Waals surface area (Å²) in [6, 6.07) is 2.36. The van der Waals surface area contributed by atoms with E-state index in [-0.39, 0.29) is 22.3 Å². The van der Waals surface area contributed by atoms with Crippen LogP contribution in [0.3, 0.4) is 0 Å². The molecule has 5 heteroatoms. The maximum atomic E-state index is 13.9. The number of rotatable bonds is 4. The molecule has 0 spiro atoms. The fraction of sp³-hybridized carbons (Fsp3) is 0.417. The highest BCUT2D eigenvalue weighted by atomic mass is 32.1. The van der Waals surface area contributed by atoms with Gasteiger partial charge in [-0.15, -0.1) is 0 Å². The maximum absolute atomic E-state index is 13.9. The normalized spacial score (nSPS) is 10.7. The largest absolute Gasteiger partial charge is 0.389 e. The fourth-order valence-electron chi connectivity index (χ4n) is 1.76. The molecule has 0 saturated heterocycles. The van der Waals surface area contributed by atoms with Gasteiger partial charge in [-0.2, -0.15) is 0 Å². The molecule has 2 N–H and O–H groups in total. The summed E-state index contributed by atoms with van der Waals surface area (Å²) >= 11 is 4.70. The summed E-state index contributed by atoms with van der Waals surface area (Å²) in [7, 11) is 0. The van der Waals surface area contributed by atoms with E-state index in [1.807, 2.05) is 20.8 Å². The molecule has 94 valence electrons. The highest BCUT2D eigenvalue weighted by Gasteiger charge is 2.19. The molecule has 0 aliphatic heterocycles. The van der Waals surface area contributed by atoms with Crippen molar-refractivity contribution in [2.75, 3.05) is 11.4 Å². The SMILES string of the molecule is CCN(c1c(F)cc(C(N)=S)cc1F)C(C)C. The zero-order valence-electron chi connectivity index (χ0n) is 10.1. The van der Waals surface area contributed by atoms with Crippen LogP contribution in [0.15, 0.2) is 12.1 Å². The van der Waals surface area contributed by atoms with E-state index >= 15 is 0 Å². The number of halogens is 2. The summed E-state index contributed by atoms with van der Waals surface area (Å²) in [6.07, 6.45) is 0. The minimum atomic E-state index is -0.636. The van der Waals surface area contributed by atoms with Crippen molar-refractivity contribution in [3.05, 3.63) is 29.3 Å². The van der Waals surface area contributed by atoms with Crippen LogP contribution in [0, 0.1) is 11.6 Å². The van der Waals surface area contributed by atoms with Gasteiger partial charge in [0.05, 0.1) is 0 Å². The number of nitrogens with two attached hydrogens (primary N) is 1. The van der Waals surface area contributed by atoms with E-state index in [1.54, 1.807) is 4.90 Å². The molecule has 0 heterocycles. The summed E-state index contributed by atoms with van der Waals surface area (Å²) in [4.78, 5) is 1.63. The first-order chi connectivity index (χ1) is 7.88. The Bertz CT molecular complexity index is 410. The van der Waals surface area contributed by atoms with Crippen molar-refractivity contribution >= 4 is 22.9 Å². The third-order valence-electron chi connectivity index (χ3n) is 2.55. The molecule has 1 rings (SSSR count). The van der Waals surface area contributed by atoms with Gasteiger partial charge < -0.3 is 10.6 Å². The Morgan fingerprint density at radius 1 is 1.35 bits per heavy atom. The summed E-state index contributed by atoms with van der Waals surface area (Å²) in [5.41, 5.74) is 5.54.